The fourth-order valence-corrected chi connectivity index (χ4v) is 5.25. The number of piperazine rings is 1. The molecule has 11 nitrogen and oxygen atoms in total. The first kappa shape index (κ1) is 25.8. The highest BCUT2D eigenvalue weighted by molar-refractivity contribution is 6.06. The minimum atomic E-state index is -0.872. The third-order valence-corrected chi connectivity index (χ3v) is 7.06. The molecule has 0 radical (unpaired) electrons. The van der Waals surface area contributed by atoms with Gasteiger partial charge in [0.05, 0.1) is 6.42 Å². The van der Waals surface area contributed by atoms with Crippen molar-refractivity contribution in [3.8, 4) is 0 Å². The van der Waals surface area contributed by atoms with Crippen molar-refractivity contribution in [2.75, 3.05) is 19.7 Å². The van der Waals surface area contributed by atoms with Gasteiger partial charge in [-0.25, -0.2) is 0 Å². The number of hydrogen-bond acceptors (Lipinski definition) is 8. The van der Waals surface area contributed by atoms with Crippen LogP contribution in [0.4, 0.5) is 0 Å². The lowest BCUT2D eigenvalue weighted by Gasteiger charge is -2.44. The highest BCUT2D eigenvalue weighted by Gasteiger charge is 2.44. The standard InChI is InChI=1S/C27H31N5O6/c1-2-37-27-20(13-22(33)38-27)31-24(34)21-15-28-14-17-8-4-6-10-19(26(36)32(17)21)30-25(35)23-18-9-5-3-7-16(18)11-12-29-23/h3-7,9,11-12,17,19-21,27-28H,2,8,10,13-15H2,1H3,(H,30,35)(H,31,34)/t17-,19-,20?,21-,27?/m0/s1. The summed E-state index contributed by atoms with van der Waals surface area (Å²) in [6.45, 7) is 2.85. The van der Waals surface area contributed by atoms with E-state index in [1.54, 1.807) is 18.0 Å². The van der Waals surface area contributed by atoms with Gasteiger partial charge in [0.2, 0.25) is 18.1 Å². The van der Waals surface area contributed by atoms with E-state index >= 15 is 0 Å². The zero-order chi connectivity index (χ0) is 26.6. The summed E-state index contributed by atoms with van der Waals surface area (Å²) < 4.78 is 10.6. The number of carbonyl (C=O) groups is 4. The SMILES string of the molecule is CCOC1OC(=O)CC1NC(=O)[C@@H]1CNC[C@@H]2CC=CC[C@H](NC(=O)c3nccc4ccccc34)C(=O)N21. The molecule has 200 valence electrons. The number of nitrogens with zero attached hydrogens (tertiary/aromatic N) is 2. The summed E-state index contributed by atoms with van der Waals surface area (Å²) in [4.78, 5) is 58.3. The van der Waals surface area contributed by atoms with E-state index in [1.165, 1.54) is 0 Å². The number of esters is 1. The number of ether oxygens (including phenoxy) is 2. The first-order valence-electron chi connectivity index (χ1n) is 12.9. The van der Waals surface area contributed by atoms with Crippen LogP contribution in [-0.2, 0) is 23.9 Å². The second kappa shape index (κ2) is 11.3. The van der Waals surface area contributed by atoms with E-state index in [1.807, 2.05) is 42.5 Å². The van der Waals surface area contributed by atoms with Crippen molar-refractivity contribution in [3.63, 3.8) is 0 Å². The number of benzene rings is 1. The molecule has 2 saturated heterocycles. The van der Waals surface area contributed by atoms with E-state index in [0.29, 0.717) is 25.0 Å². The van der Waals surface area contributed by atoms with Gasteiger partial charge in [-0.15, -0.1) is 0 Å². The Morgan fingerprint density at radius 1 is 1.13 bits per heavy atom. The van der Waals surface area contributed by atoms with Crippen molar-refractivity contribution in [2.24, 2.45) is 0 Å². The maximum Gasteiger partial charge on any atom is 0.310 e. The molecule has 1 aromatic carbocycles. The van der Waals surface area contributed by atoms with Crippen molar-refractivity contribution in [2.45, 2.75) is 56.6 Å². The van der Waals surface area contributed by atoms with Crippen LogP contribution < -0.4 is 16.0 Å². The van der Waals surface area contributed by atoms with Gasteiger partial charge in [-0.05, 0) is 31.2 Å². The van der Waals surface area contributed by atoms with Gasteiger partial charge in [0, 0.05) is 37.3 Å². The maximum absolute atomic E-state index is 13.9. The smallest absolute Gasteiger partial charge is 0.310 e. The highest BCUT2D eigenvalue weighted by atomic mass is 16.7. The second-order valence-corrected chi connectivity index (χ2v) is 9.56. The topological polar surface area (TPSA) is 139 Å². The van der Waals surface area contributed by atoms with E-state index in [9.17, 15) is 19.2 Å². The average molecular weight is 522 g/mol. The fraction of sp³-hybridized carbons (Fsp3) is 0.444. The van der Waals surface area contributed by atoms with Crippen LogP contribution in [0.1, 0.15) is 36.7 Å². The van der Waals surface area contributed by atoms with Crippen LogP contribution >= 0.6 is 0 Å². The molecule has 0 aliphatic carbocycles. The van der Waals surface area contributed by atoms with Crippen molar-refractivity contribution < 1.29 is 28.7 Å². The van der Waals surface area contributed by atoms with Crippen LogP contribution in [0.5, 0.6) is 0 Å². The van der Waals surface area contributed by atoms with Crippen LogP contribution in [0.15, 0.2) is 48.7 Å². The van der Waals surface area contributed by atoms with Gasteiger partial charge in [0.25, 0.3) is 5.91 Å². The lowest BCUT2D eigenvalue weighted by atomic mass is 9.97. The Hall–Kier alpha value is -3.83. The zero-order valence-electron chi connectivity index (χ0n) is 21.1. The molecule has 1 aromatic heterocycles. The summed E-state index contributed by atoms with van der Waals surface area (Å²) in [7, 11) is 0. The number of aromatic nitrogens is 1. The number of nitrogens with one attached hydrogen (secondary N) is 3. The lowest BCUT2D eigenvalue weighted by Crippen LogP contribution is -2.67. The molecule has 4 heterocycles. The Kier molecular flexibility index (Phi) is 7.66. The second-order valence-electron chi connectivity index (χ2n) is 9.56. The molecule has 5 rings (SSSR count). The number of amides is 3. The lowest BCUT2D eigenvalue weighted by molar-refractivity contribution is -0.165. The van der Waals surface area contributed by atoms with Gasteiger partial charge in [-0.2, -0.15) is 0 Å². The van der Waals surface area contributed by atoms with Crippen LogP contribution in [0, 0.1) is 0 Å². The molecule has 11 heteroatoms. The Balaban J connectivity index is 1.36. The predicted molar refractivity (Wildman–Crippen MR) is 137 cm³/mol. The number of carbonyl (C=O) groups excluding carboxylic acids is 4. The van der Waals surface area contributed by atoms with Crippen molar-refractivity contribution >= 4 is 34.5 Å². The van der Waals surface area contributed by atoms with Crippen LogP contribution in [0.3, 0.4) is 0 Å². The van der Waals surface area contributed by atoms with E-state index in [2.05, 4.69) is 20.9 Å². The van der Waals surface area contributed by atoms with Crippen LogP contribution in [0.25, 0.3) is 10.8 Å². The van der Waals surface area contributed by atoms with Crippen molar-refractivity contribution in [3.05, 3.63) is 54.4 Å². The Morgan fingerprint density at radius 2 is 1.95 bits per heavy atom. The molecule has 0 spiro atoms. The third kappa shape index (κ3) is 5.25. The highest BCUT2D eigenvalue weighted by Crippen LogP contribution is 2.23. The van der Waals surface area contributed by atoms with Gasteiger partial charge < -0.3 is 30.3 Å². The molecule has 3 N–H and O–H groups in total. The molecule has 3 aliphatic rings. The normalized spacial score (nSPS) is 27.3. The summed E-state index contributed by atoms with van der Waals surface area (Å²) in [5, 5.41) is 10.5. The van der Waals surface area contributed by atoms with Crippen LogP contribution in [-0.4, -0.2) is 83.7 Å². The molecule has 2 aromatic rings. The Morgan fingerprint density at radius 3 is 2.79 bits per heavy atom. The predicted octanol–water partition coefficient (Wildman–Crippen LogP) is 0.647. The zero-order valence-corrected chi connectivity index (χ0v) is 21.1. The molecule has 0 saturated carbocycles. The molecule has 2 unspecified atom stereocenters. The van der Waals surface area contributed by atoms with Crippen molar-refractivity contribution in [1.29, 1.82) is 0 Å². The molecular weight excluding hydrogens is 490 g/mol. The van der Waals surface area contributed by atoms with E-state index in [-0.39, 0.29) is 37.0 Å². The average Bonchev–Trinajstić information content (AvgIpc) is 3.26. The summed E-state index contributed by atoms with van der Waals surface area (Å²) in [5.41, 5.74) is 0.237. The van der Waals surface area contributed by atoms with Gasteiger partial charge in [0.1, 0.15) is 23.8 Å². The number of cyclic esters (lactones) is 1. The number of hydrogen-bond donors (Lipinski definition) is 3. The summed E-state index contributed by atoms with van der Waals surface area (Å²) in [6.07, 6.45) is 5.41. The van der Waals surface area contributed by atoms with E-state index in [0.717, 1.165) is 5.39 Å². The van der Waals surface area contributed by atoms with E-state index < -0.39 is 42.2 Å². The third-order valence-electron chi connectivity index (χ3n) is 7.06. The number of fused-ring (bicyclic) bond motifs is 2. The number of pyridine rings is 1. The molecule has 5 atom stereocenters. The molecule has 2 fully saturated rings. The summed E-state index contributed by atoms with van der Waals surface area (Å²) in [5.74, 6) is -1.66. The molecule has 3 aliphatic heterocycles. The Bertz CT molecular complexity index is 1260. The molecular formula is C27H31N5O6. The fourth-order valence-electron chi connectivity index (χ4n) is 5.25. The van der Waals surface area contributed by atoms with Gasteiger partial charge in [0.15, 0.2) is 0 Å². The first-order chi connectivity index (χ1) is 18.5. The minimum Gasteiger partial charge on any atom is -0.433 e. The largest absolute Gasteiger partial charge is 0.433 e. The monoisotopic (exact) mass is 521 g/mol. The maximum atomic E-state index is 13.9. The van der Waals surface area contributed by atoms with Crippen molar-refractivity contribution in [1.82, 2.24) is 25.8 Å². The summed E-state index contributed by atoms with van der Waals surface area (Å²) >= 11 is 0. The Labute approximate surface area is 219 Å². The molecule has 3 amide bonds. The molecule has 0 bridgehead atoms. The summed E-state index contributed by atoms with van der Waals surface area (Å²) in [6, 6.07) is 6.62. The van der Waals surface area contributed by atoms with E-state index in [4.69, 9.17) is 9.47 Å². The van der Waals surface area contributed by atoms with Gasteiger partial charge >= 0.3 is 5.97 Å². The minimum absolute atomic E-state index is 0.00657. The molecule has 38 heavy (non-hydrogen) atoms. The number of rotatable bonds is 6. The quantitative estimate of drug-likeness (QED) is 0.372. The van der Waals surface area contributed by atoms with Gasteiger partial charge in [-0.3, -0.25) is 24.2 Å². The first-order valence-corrected chi connectivity index (χ1v) is 12.9. The van der Waals surface area contributed by atoms with Crippen LogP contribution in [0.2, 0.25) is 0 Å². The van der Waals surface area contributed by atoms with Gasteiger partial charge in [-0.1, -0.05) is 36.4 Å².